The Kier molecular flexibility index (Phi) is 3.22. The topological polar surface area (TPSA) is 59.2 Å². The van der Waals surface area contributed by atoms with Crippen molar-refractivity contribution in [1.29, 1.82) is 0 Å². The minimum atomic E-state index is -0.743. The Labute approximate surface area is 97.9 Å². The summed E-state index contributed by atoms with van der Waals surface area (Å²) in [4.78, 5) is 4.06. The highest BCUT2D eigenvalue weighted by Crippen LogP contribution is 2.18. The van der Waals surface area contributed by atoms with Crippen molar-refractivity contribution >= 4 is 11.6 Å². The molecule has 1 heterocycles. The Morgan fingerprint density at radius 2 is 2.19 bits per heavy atom. The Hall–Kier alpha value is -1.39. The second-order valence-corrected chi connectivity index (χ2v) is 3.90. The van der Waals surface area contributed by atoms with Crippen LogP contribution >= 0.6 is 11.6 Å². The lowest BCUT2D eigenvalue weighted by molar-refractivity contribution is 0.151. The second kappa shape index (κ2) is 4.63. The number of hydrogen-bond donors (Lipinski definition) is 1. The number of aliphatic hydroxyl groups is 1. The lowest BCUT2D eigenvalue weighted by atomic mass is 10.1. The standard InChI is InChI=1S/C11H11ClN2O2/c1-7(15)11-13-10(14-16-11)6-8-4-2-3-5-9(8)12/h2-5,7,15H,6H2,1H3/t7-/m0/s1. The maximum atomic E-state index is 9.24. The van der Waals surface area contributed by atoms with E-state index in [1.807, 2.05) is 24.3 Å². The summed E-state index contributed by atoms with van der Waals surface area (Å²) in [6.07, 6.45) is -0.247. The average molecular weight is 239 g/mol. The Morgan fingerprint density at radius 3 is 2.81 bits per heavy atom. The van der Waals surface area contributed by atoms with Crippen LogP contribution in [0.3, 0.4) is 0 Å². The quantitative estimate of drug-likeness (QED) is 0.892. The fourth-order valence-corrected chi connectivity index (χ4v) is 1.52. The van der Waals surface area contributed by atoms with Crippen LogP contribution in [-0.4, -0.2) is 15.2 Å². The van der Waals surface area contributed by atoms with Gasteiger partial charge in [-0.2, -0.15) is 4.98 Å². The molecule has 1 N–H and O–H groups in total. The van der Waals surface area contributed by atoms with Gasteiger partial charge in [-0.3, -0.25) is 0 Å². The average Bonchev–Trinajstić information content (AvgIpc) is 2.70. The molecule has 0 radical (unpaired) electrons. The van der Waals surface area contributed by atoms with E-state index in [4.69, 9.17) is 16.1 Å². The number of aromatic nitrogens is 2. The summed E-state index contributed by atoms with van der Waals surface area (Å²) < 4.78 is 4.88. The highest BCUT2D eigenvalue weighted by Gasteiger charge is 2.12. The molecule has 0 amide bonds. The van der Waals surface area contributed by atoms with E-state index in [0.717, 1.165) is 5.56 Å². The number of halogens is 1. The first-order valence-corrected chi connectivity index (χ1v) is 5.28. The molecule has 5 heteroatoms. The molecule has 0 saturated carbocycles. The molecule has 1 aromatic heterocycles. The first-order chi connectivity index (χ1) is 7.66. The monoisotopic (exact) mass is 238 g/mol. The van der Waals surface area contributed by atoms with E-state index in [1.54, 1.807) is 6.92 Å². The molecule has 1 aromatic carbocycles. The maximum absolute atomic E-state index is 9.24. The predicted octanol–water partition coefficient (Wildman–Crippen LogP) is 2.37. The van der Waals surface area contributed by atoms with Crippen LogP contribution in [0.4, 0.5) is 0 Å². The number of aliphatic hydroxyl groups excluding tert-OH is 1. The van der Waals surface area contributed by atoms with Gasteiger partial charge in [-0.1, -0.05) is 35.0 Å². The van der Waals surface area contributed by atoms with E-state index in [9.17, 15) is 5.11 Å². The van der Waals surface area contributed by atoms with Crippen LogP contribution in [0.15, 0.2) is 28.8 Å². The molecule has 0 bridgehead atoms. The predicted molar refractivity (Wildman–Crippen MR) is 59.2 cm³/mol. The molecule has 0 spiro atoms. The molecule has 0 fully saturated rings. The van der Waals surface area contributed by atoms with Crippen LogP contribution in [-0.2, 0) is 6.42 Å². The van der Waals surface area contributed by atoms with E-state index < -0.39 is 6.10 Å². The summed E-state index contributed by atoms with van der Waals surface area (Å²) >= 11 is 6.01. The highest BCUT2D eigenvalue weighted by atomic mass is 35.5. The highest BCUT2D eigenvalue weighted by molar-refractivity contribution is 6.31. The fourth-order valence-electron chi connectivity index (χ4n) is 1.32. The van der Waals surface area contributed by atoms with Gasteiger partial charge in [-0.05, 0) is 18.6 Å². The molecular weight excluding hydrogens is 228 g/mol. The third-order valence-corrected chi connectivity index (χ3v) is 2.52. The third kappa shape index (κ3) is 2.40. The van der Waals surface area contributed by atoms with Gasteiger partial charge in [0.2, 0.25) is 0 Å². The smallest absolute Gasteiger partial charge is 0.255 e. The molecule has 1 atom stereocenters. The number of nitrogens with zero attached hydrogens (tertiary/aromatic N) is 2. The van der Waals surface area contributed by atoms with Crippen LogP contribution in [0.2, 0.25) is 5.02 Å². The van der Waals surface area contributed by atoms with Crippen LogP contribution in [0.25, 0.3) is 0 Å². The Balaban J connectivity index is 2.18. The molecule has 4 nitrogen and oxygen atoms in total. The van der Waals surface area contributed by atoms with Gasteiger partial charge < -0.3 is 9.63 Å². The minimum absolute atomic E-state index is 0.224. The van der Waals surface area contributed by atoms with Crippen LogP contribution in [0, 0.1) is 0 Å². The van der Waals surface area contributed by atoms with Crippen LogP contribution in [0.5, 0.6) is 0 Å². The molecule has 16 heavy (non-hydrogen) atoms. The zero-order valence-electron chi connectivity index (χ0n) is 8.72. The van der Waals surface area contributed by atoms with Gasteiger partial charge in [-0.25, -0.2) is 0 Å². The van der Waals surface area contributed by atoms with E-state index >= 15 is 0 Å². The molecule has 0 aliphatic carbocycles. The van der Waals surface area contributed by atoms with Gasteiger partial charge in [0.1, 0.15) is 6.10 Å². The largest absolute Gasteiger partial charge is 0.384 e. The van der Waals surface area contributed by atoms with Gasteiger partial charge in [-0.15, -0.1) is 0 Å². The van der Waals surface area contributed by atoms with Gasteiger partial charge in [0, 0.05) is 11.4 Å². The van der Waals surface area contributed by atoms with Gasteiger partial charge in [0.05, 0.1) is 0 Å². The van der Waals surface area contributed by atoms with E-state index in [-0.39, 0.29) is 5.89 Å². The molecule has 0 unspecified atom stereocenters. The first-order valence-electron chi connectivity index (χ1n) is 4.91. The van der Waals surface area contributed by atoms with Gasteiger partial charge in [0.15, 0.2) is 5.82 Å². The first kappa shape index (κ1) is 11.1. The summed E-state index contributed by atoms with van der Waals surface area (Å²) in [5, 5.41) is 13.7. The molecule has 0 aliphatic heterocycles. The molecule has 2 rings (SSSR count). The normalized spacial score (nSPS) is 12.7. The van der Waals surface area contributed by atoms with Crippen molar-refractivity contribution < 1.29 is 9.63 Å². The zero-order chi connectivity index (χ0) is 11.5. The zero-order valence-corrected chi connectivity index (χ0v) is 9.48. The lowest BCUT2D eigenvalue weighted by Gasteiger charge is -1.99. The Morgan fingerprint density at radius 1 is 1.44 bits per heavy atom. The molecule has 0 aliphatic rings. The van der Waals surface area contributed by atoms with Crippen LogP contribution in [0.1, 0.15) is 30.3 Å². The lowest BCUT2D eigenvalue weighted by Crippen LogP contribution is -1.94. The second-order valence-electron chi connectivity index (χ2n) is 3.49. The maximum Gasteiger partial charge on any atom is 0.255 e. The van der Waals surface area contributed by atoms with Gasteiger partial charge >= 0.3 is 0 Å². The minimum Gasteiger partial charge on any atom is -0.384 e. The van der Waals surface area contributed by atoms with E-state index in [2.05, 4.69) is 10.1 Å². The van der Waals surface area contributed by atoms with Crippen molar-refractivity contribution in [1.82, 2.24) is 10.1 Å². The van der Waals surface area contributed by atoms with Crippen molar-refractivity contribution in [3.8, 4) is 0 Å². The number of rotatable bonds is 3. The van der Waals surface area contributed by atoms with Crippen molar-refractivity contribution in [2.24, 2.45) is 0 Å². The van der Waals surface area contributed by atoms with Gasteiger partial charge in [0.25, 0.3) is 5.89 Å². The van der Waals surface area contributed by atoms with Crippen molar-refractivity contribution in [3.05, 3.63) is 46.6 Å². The summed E-state index contributed by atoms with van der Waals surface area (Å²) in [6, 6.07) is 7.48. The summed E-state index contributed by atoms with van der Waals surface area (Å²) in [5.74, 6) is 0.742. The van der Waals surface area contributed by atoms with Crippen LogP contribution < -0.4 is 0 Å². The molecule has 2 aromatic rings. The fraction of sp³-hybridized carbons (Fsp3) is 0.273. The van der Waals surface area contributed by atoms with E-state index in [1.165, 1.54) is 0 Å². The molecule has 84 valence electrons. The molecular formula is C11H11ClN2O2. The molecule has 0 saturated heterocycles. The SMILES string of the molecule is C[C@H](O)c1nc(Cc2ccccc2Cl)no1. The summed E-state index contributed by atoms with van der Waals surface area (Å²) in [5.41, 5.74) is 0.933. The number of hydrogen-bond acceptors (Lipinski definition) is 4. The summed E-state index contributed by atoms with van der Waals surface area (Å²) in [7, 11) is 0. The van der Waals surface area contributed by atoms with Crippen molar-refractivity contribution in [2.45, 2.75) is 19.4 Å². The van der Waals surface area contributed by atoms with Crippen molar-refractivity contribution in [3.63, 3.8) is 0 Å². The Bertz CT molecular complexity index is 482. The number of benzene rings is 1. The third-order valence-electron chi connectivity index (χ3n) is 2.15. The summed E-state index contributed by atoms with van der Waals surface area (Å²) in [6.45, 7) is 1.58. The van der Waals surface area contributed by atoms with E-state index in [0.29, 0.717) is 17.3 Å². The van der Waals surface area contributed by atoms with Crippen molar-refractivity contribution in [2.75, 3.05) is 0 Å².